The summed E-state index contributed by atoms with van der Waals surface area (Å²) < 4.78 is 34.2. The fourth-order valence-electron chi connectivity index (χ4n) is 6.68. The highest BCUT2D eigenvalue weighted by Crippen LogP contribution is 2.43. The third kappa shape index (κ3) is 44.8. The van der Waals surface area contributed by atoms with Gasteiger partial charge < -0.3 is 29.1 Å². The summed E-state index contributed by atoms with van der Waals surface area (Å²) in [6.07, 6.45) is 45.9. The molecule has 0 aliphatic carbocycles. The first-order chi connectivity index (χ1) is 30.8. The van der Waals surface area contributed by atoms with Crippen molar-refractivity contribution < 1.29 is 52.3 Å². The normalized spacial score (nSPS) is 14.9. The van der Waals surface area contributed by atoms with Gasteiger partial charge in [-0.1, -0.05) is 164 Å². The number of hydrogen-bond donors (Lipinski definition) is 3. The molecular weight excluding hydrogens is 830 g/mol. The Balaban J connectivity index is 4.47. The van der Waals surface area contributed by atoms with Crippen molar-refractivity contribution in [1.82, 2.24) is 0 Å². The second-order valence-electron chi connectivity index (χ2n) is 18.1. The Bertz CT molecular complexity index is 1310. The Hall–Kier alpha value is -2.37. The maximum atomic E-state index is 12.8. The number of phosphoric acid groups is 1. The molecule has 0 spiro atoms. The predicted octanol–water partition coefficient (Wildman–Crippen LogP) is 12.7. The number of hydrogen-bond acceptors (Lipinski definition) is 9. The number of quaternary nitrogens is 1. The molecule has 0 amide bonds. The lowest BCUT2D eigenvalue weighted by Crippen LogP contribution is -2.37. The van der Waals surface area contributed by atoms with Crippen LogP contribution in [0.4, 0.5) is 0 Å². The quantitative estimate of drug-likeness (QED) is 0.0177. The van der Waals surface area contributed by atoms with E-state index < -0.39 is 44.7 Å². The molecule has 0 aliphatic rings. The van der Waals surface area contributed by atoms with E-state index in [0.29, 0.717) is 23.9 Å². The van der Waals surface area contributed by atoms with Gasteiger partial charge in [0.25, 0.3) is 0 Å². The van der Waals surface area contributed by atoms with Crippen molar-refractivity contribution in [2.24, 2.45) is 0 Å². The van der Waals surface area contributed by atoms with E-state index in [1.807, 2.05) is 33.3 Å². The number of ether oxygens (including phenoxy) is 2. The summed E-state index contributed by atoms with van der Waals surface area (Å²) in [5, 5.41) is 20.8. The third-order valence-corrected chi connectivity index (χ3v) is 11.7. The molecule has 0 radical (unpaired) electrons. The summed E-state index contributed by atoms with van der Waals surface area (Å²) in [6, 6.07) is 0. The van der Waals surface area contributed by atoms with Crippen molar-refractivity contribution in [2.75, 3.05) is 47.5 Å². The Morgan fingerprint density at radius 1 is 0.562 bits per heavy atom. The zero-order chi connectivity index (χ0) is 47.4. The van der Waals surface area contributed by atoms with Gasteiger partial charge in [-0.2, -0.15) is 0 Å². The van der Waals surface area contributed by atoms with Crippen LogP contribution in [0.2, 0.25) is 0 Å². The van der Waals surface area contributed by atoms with Gasteiger partial charge in [-0.3, -0.25) is 18.6 Å². The van der Waals surface area contributed by atoms with Crippen LogP contribution >= 0.6 is 7.82 Å². The average molecular weight is 925 g/mol. The van der Waals surface area contributed by atoms with Crippen LogP contribution in [0.5, 0.6) is 0 Å². The first kappa shape index (κ1) is 61.6. The number of carbonyl (C=O) groups excluding carboxylic acids is 2. The van der Waals surface area contributed by atoms with Crippen LogP contribution < -0.4 is 0 Å². The summed E-state index contributed by atoms with van der Waals surface area (Å²) >= 11 is 0. The number of allylic oxidation sites excluding steroid dienone is 9. The molecular formula is C52H95NO10P+. The van der Waals surface area contributed by atoms with Crippen molar-refractivity contribution in [3.63, 3.8) is 0 Å². The lowest BCUT2D eigenvalue weighted by Gasteiger charge is -2.24. The topological polar surface area (TPSA) is 149 Å². The number of aliphatic hydroxyl groups excluding tert-OH is 2. The Morgan fingerprint density at radius 3 is 1.58 bits per heavy atom. The molecule has 0 aromatic carbocycles. The number of unbranched alkanes of at least 4 members (excludes halogenated alkanes) is 17. The number of carbonyl (C=O) groups is 2. The number of aliphatic hydroxyl groups is 2. The van der Waals surface area contributed by atoms with E-state index in [9.17, 15) is 29.3 Å². The van der Waals surface area contributed by atoms with Gasteiger partial charge in [0.15, 0.2) is 6.10 Å². The minimum atomic E-state index is -4.45. The number of likely N-dealkylation sites (N-methyl/N-ethyl adjacent to an activating group) is 1. The molecule has 12 heteroatoms. The monoisotopic (exact) mass is 925 g/mol. The van der Waals surface area contributed by atoms with E-state index in [1.54, 1.807) is 0 Å². The molecule has 0 aliphatic heterocycles. The van der Waals surface area contributed by atoms with E-state index in [-0.39, 0.29) is 38.9 Å². The Kier molecular flexibility index (Phi) is 41.6. The van der Waals surface area contributed by atoms with E-state index in [4.69, 9.17) is 18.5 Å². The third-order valence-electron chi connectivity index (χ3n) is 10.7. The highest BCUT2D eigenvalue weighted by Gasteiger charge is 2.27. The van der Waals surface area contributed by atoms with Gasteiger partial charge in [0, 0.05) is 12.8 Å². The molecule has 372 valence electrons. The summed E-state index contributed by atoms with van der Waals surface area (Å²) in [6.45, 7) is 3.98. The molecule has 11 nitrogen and oxygen atoms in total. The summed E-state index contributed by atoms with van der Waals surface area (Å²) in [5.74, 6) is -1.09. The lowest BCUT2D eigenvalue weighted by atomic mass is 10.0. The van der Waals surface area contributed by atoms with Crippen molar-refractivity contribution >= 4 is 19.8 Å². The van der Waals surface area contributed by atoms with Crippen molar-refractivity contribution in [3.8, 4) is 0 Å². The van der Waals surface area contributed by atoms with Crippen LogP contribution in [0.3, 0.4) is 0 Å². The van der Waals surface area contributed by atoms with E-state index >= 15 is 0 Å². The summed E-state index contributed by atoms with van der Waals surface area (Å²) in [5.41, 5.74) is 0. The van der Waals surface area contributed by atoms with Crippen LogP contribution in [-0.4, -0.2) is 97.3 Å². The predicted molar refractivity (Wildman–Crippen MR) is 264 cm³/mol. The summed E-state index contributed by atoms with van der Waals surface area (Å²) in [7, 11) is 1.32. The van der Waals surface area contributed by atoms with Crippen LogP contribution in [0.1, 0.15) is 194 Å². The number of phosphoric ester groups is 1. The van der Waals surface area contributed by atoms with E-state index in [0.717, 1.165) is 44.9 Å². The van der Waals surface area contributed by atoms with Gasteiger partial charge in [-0.05, 0) is 77.0 Å². The van der Waals surface area contributed by atoms with Crippen LogP contribution in [0.15, 0.2) is 60.8 Å². The van der Waals surface area contributed by atoms with Crippen molar-refractivity contribution in [3.05, 3.63) is 60.8 Å². The largest absolute Gasteiger partial charge is 0.472 e. The van der Waals surface area contributed by atoms with Crippen molar-refractivity contribution in [1.29, 1.82) is 0 Å². The second-order valence-corrected chi connectivity index (χ2v) is 19.6. The van der Waals surface area contributed by atoms with Gasteiger partial charge in [-0.25, -0.2) is 4.57 Å². The highest BCUT2D eigenvalue weighted by molar-refractivity contribution is 7.47. The zero-order valence-corrected chi connectivity index (χ0v) is 42.1. The molecule has 4 atom stereocenters. The molecule has 3 N–H and O–H groups in total. The first-order valence-corrected chi connectivity index (χ1v) is 26.7. The minimum Gasteiger partial charge on any atom is -0.462 e. The van der Waals surface area contributed by atoms with Crippen molar-refractivity contribution in [2.45, 2.75) is 212 Å². The number of rotatable bonds is 45. The minimum absolute atomic E-state index is 0.0157. The molecule has 0 heterocycles. The molecule has 0 rings (SSSR count). The maximum absolute atomic E-state index is 12.8. The highest BCUT2D eigenvalue weighted by atomic mass is 31.2. The average Bonchev–Trinajstić information content (AvgIpc) is 3.24. The fourth-order valence-corrected chi connectivity index (χ4v) is 7.43. The van der Waals surface area contributed by atoms with E-state index in [1.165, 1.54) is 96.3 Å². The molecule has 0 aromatic heterocycles. The standard InChI is InChI=1S/C52H94NO10P/c1-6-8-10-12-14-16-18-20-21-22-23-24-25-26-27-28-30-32-34-36-38-42-52(57)63-48(47-62-64(58,59)61-45-44-53(3,4)5)46-60-51(56)43-39-41-50(55)49(54)40-37-35-33-31-29-19-17-15-13-11-9-7-2/h9,11,15,17,20-21,29,31,35,37,48-50,54-55H,6-8,10,12-14,16,18-19,22-28,30,32-34,36,38-47H2,1-5H3/p+1/b11-9-,17-15-,21-20-,31-29-,37-35-/t48-,49+,50+/m1/s1. The fraction of sp³-hybridized carbons (Fsp3) is 0.769. The van der Waals surface area contributed by atoms with Gasteiger partial charge in [0.1, 0.15) is 19.8 Å². The number of nitrogens with zero attached hydrogens (tertiary/aromatic N) is 1. The molecule has 0 aromatic rings. The van der Waals surface area contributed by atoms with E-state index in [2.05, 4.69) is 62.5 Å². The van der Waals surface area contributed by atoms with Crippen LogP contribution in [0, 0.1) is 0 Å². The molecule has 0 saturated carbocycles. The molecule has 64 heavy (non-hydrogen) atoms. The zero-order valence-electron chi connectivity index (χ0n) is 41.2. The summed E-state index contributed by atoms with van der Waals surface area (Å²) in [4.78, 5) is 35.6. The SMILES string of the molecule is CC/C=C\C/C=C\C/C=C\C/C=C\C[C@H](O)[C@@H](O)CCCC(=O)OC[C@H](COP(=O)(O)OCC[N+](C)(C)C)OC(=O)CCCCCCCCCCCCC/C=C\CCCCCCCC. The molecule has 0 saturated heterocycles. The van der Waals surface area contributed by atoms with Gasteiger partial charge in [-0.15, -0.1) is 0 Å². The Labute approximate surface area is 391 Å². The molecule has 0 bridgehead atoms. The second kappa shape index (κ2) is 43.2. The van der Waals surface area contributed by atoms with Gasteiger partial charge in [0.2, 0.25) is 0 Å². The number of esters is 2. The lowest BCUT2D eigenvalue weighted by molar-refractivity contribution is -0.870. The van der Waals surface area contributed by atoms with Gasteiger partial charge in [0.05, 0.1) is 40.0 Å². The first-order valence-electron chi connectivity index (χ1n) is 25.2. The smallest absolute Gasteiger partial charge is 0.462 e. The van der Waals surface area contributed by atoms with Gasteiger partial charge >= 0.3 is 19.8 Å². The van der Waals surface area contributed by atoms with Crippen LogP contribution in [-0.2, 0) is 32.7 Å². The Morgan fingerprint density at radius 2 is 1.05 bits per heavy atom. The molecule has 1 unspecified atom stereocenters. The molecule has 0 fully saturated rings. The van der Waals surface area contributed by atoms with Crippen LogP contribution in [0.25, 0.3) is 0 Å². The maximum Gasteiger partial charge on any atom is 0.472 e.